The van der Waals surface area contributed by atoms with Gasteiger partial charge in [0.1, 0.15) is 12.2 Å². The van der Waals surface area contributed by atoms with Gasteiger partial charge in [-0.15, -0.1) is 0 Å². The van der Waals surface area contributed by atoms with Crippen molar-refractivity contribution < 1.29 is 27.3 Å². The summed E-state index contributed by atoms with van der Waals surface area (Å²) in [7, 11) is -3.88. The minimum Gasteiger partial charge on any atom is -0.346 e. The summed E-state index contributed by atoms with van der Waals surface area (Å²) in [6.45, 7) is 3.09. The molecule has 0 radical (unpaired) electrons. The number of hydrogen-bond donors (Lipinski definition) is 1. The van der Waals surface area contributed by atoms with Gasteiger partial charge in [-0.1, -0.05) is 0 Å². The number of ether oxygens (including phenoxy) is 1. The molecule has 0 saturated carbocycles. The van der Waals surface area contributed by atoms with Gasteiger partial charge in [0.05, 0.1) is 12.7 Å². The van der Waals surface area contributed by atoms with Crippen LogP contribution in [0.2, 0.25) is 0 Å². The number of halogens is 1. The third kappa shape index (κ3) is 3.17. The number of alkyl halides is 1. The molecule has 2 fully saturated rings. The first-order chi connectivity index (χ1) is 10.8. The van der Waals surface area contributed by atoms with Gasteiger partial charge in [-0.3, -0.25) is 27.9 Å². The maximum atomic E-state index is 14.6. The number of aromatic amines is 1. The predicted molar refractivity (Wildman–Crippen MR) is 74.8 cm³/mol. The van der Waals surface area contributed by atoms with Crippen molar-refractivity contribution in [3.8, 4) is 0 Å². The van der Waals surface area contributed by atoms with Gasteiger partial charge in [0, 0.05) is 12.3 Å². The first-order valence-corrected chi connectivity index (χ1v) is 8.47. The van der Waals surface area contributed by atoms with Gasteiger partial charge in [0.15, 0.2) is 12.4 Å². The predicted octanol–water partition coefficient (Wildman–Crippen LogP) is 0.721. The maximum absolute atomic E-state index is 14.6. The second kappa shape index (κ2) is 5.95. The van der Waals surface area contributed by atoms with E-state index in [0.29, 0.717) is 0 Å². The molecular weight excluding hydrogens is 334 g/mol. The molecule has 3 heterocycles. The number of fused-ring (bicyclic) bond motifs is 1. The molecule has 0 spiro atoms. The number of hydrogen-bond acceptors (Lipinski definition) is 7. The Hall–Kier alpha value is -1.32. The molecule has 1 aromatic heterocycles. The molecule has 23 heavy (non-hydrogen) atoms. The maximum Gasteiger partial charge on any atom is 0.475 e. The monoisotopic (exact) mass is 350 g/mol. The number of nitrogens with zero attached hydrogens (tertiary/aromatic N) is 1. The number of nitrogens with one attached hydrogen (secondary N) is 1. The van der Waals surface area contributed by atoms with E-state index in [9.17, 15) is 18.5 Å². The molecule has 0 bridgehead atoms. The highest BCUT2D eigenvalue weighted by molar-refractivity contribution is 7.48. The van der Waals surface area contributed by atoms with E-state index >= 15 is 0 Å². The molecule has 5 atom stereocenters. The van der Waals surface area contributed by atoms with E-state index in [1.807, 2.05) is 4.98 Å². The largest absolute Gasteiger partial charge is 0.475 e. The van der Waals surface area contributed by atoms with Gasteiger partial charge in [-0.2, -0.15) is 0 Å². The van der Waals surface area contributed by atoms with Crippen LogP contribution in [-0.2, 0) is 22.9 Å². The number of phosphoric ester groups is 1. The van der Waals surface area contributed by atoms with Crippen molar-refractivity contribution in [2.75, 3.05) is 6.61 Å². The van der Waals surface area contributed by atoms with Crippen molar-refractivity contribution in [1.29, 1.82) is 0 Å². The van der Waals surface area contributed by atoms with E-state index in [2.05, 4.69) is 0 Å². The van der Waals surface area contributed by atoms with Gasteiger partial charge < -0.3 is 4.74 Å². The van der Waals surface area contributed by atoms with Crippen LogP contribution in [0, 0.1) is 0 Å². The van der Waals surface area contributed by atoms with E-state index < -0.39 is 49.8 Å². The summed E-state index contributed by atoms with van der Waals surface area (Å²) in [5.41, 5.74) is -1.42. The van der Waals surface area contributed by atoms with Crippen LogP contribution < -0.4 is 11.2 Å². The molecule has 3 rings (SSSR count). The zero-order valence-electron chi connectivity index (χ0n) is 12.4. The van der Waals surface area contributed by atoms with E-state index in [1.165, 1.54) is 0 Å². The zero-order valence-corrected chi connectivity index (χ0v) is 13.3. The molecule has 1 N–H and O–H groups in total. The minimum atomic E-state index is -3.88. The fourth-order valence-corrected chi connectivity index (χ4v) is 4.03. The lowest BCUT2D eigenvalue weighted by Gasteiger charge is -2.31. The number of H-pyrrole nitrogens is 1. The minimum absolute atomic E-state index is 0.191. The normalized spacial score (nSPS) is 37.0. The highest BCUT2D eigenvalue weighted by atomic mass is 31.2. The molecule has 2 saturated heterocycles. The quantitative estimate of drug-likeness (QED) is 0.800. The molecule has 0 aliphatic carbocycles. The Balaban J connectivity index is 1.83. The lowest BCUT2D eigenvalue weighted by molar-refractivity contribution is -0.0749. The van der Waals surface area contributed by atoms with Crippen LogP contribution in [0.5, 0.6) is 0 Å². The van der Waals surface area contributed by atoms with Gasteiger partial charge >= 0.3 is 13.5 Å². The average Bonchev–Trinajstić information content (AvgIpc) is 2.75. The fourth-order valence-electron chi connectivity index (χ4n) is 2.46. The van der Waals surface area contributed by atoms with Gasteiger partial charge in [-0.25, -0.2) is 13.8 Å². The SMILES string of the molecule is CC(C)OP1(=O)OC[C@H]2O[C@@H](n3ccc(=O)[nH]c3=O)[C@@H](F)C2O1. The fraction of sp³-hybridized carbons (Fsp3) is 0.667. The second-order valence-corrected chi connectivity index (χ2v) is 7.07. The summed E-state index contributed by atoms with van der Waals surface area (Å²) in [5.74, 6) is 0. The lowest BCUT2D eigenvalue weighted by Crippen LogP contribution is -2.39. The molecule has 0 amide bonds. The molecule has 9 nitrogen and oxygen atoms in total. The summed E-state index contributed by atoms with van der Waals surface area (Å²) >= 11 is 0. The molecule has 128 valence electrons. The number of phosphoric acid groups is 1. The zero-order chi connectivity index (χ0) is 16.8. The molecule has 2 aliphatic rings. The van der Waals surface area contributed by atoms with E-state index in [0.717, 1.165) is 16.8 Å². The molecule has 11 heteroatoms. The van der Waals surface area contributed by atoms with Gasteiger partial charge in [0.25, 0.3) is 5.56 Å². The highest BCUT2D eigenvalue weighted by Gasteiger charge is 2.54. The molecular formula is C12H16FN2O7P. The van der Waals surface area contributed by atoms with Crippen molar-refractivity contribution in [2.45, 2.75) is 44.6 Å². The summed E-state index contributed by atoms with van der Waals surface area (Å²) in [4.78, 5) is 24.8. The standard InChI is InChI=1S/C12H16FN2O7P/c1-6(2)21-23(18)19-5-7-10(22-23)9(13)11(20-7)15-4-3-8(16)14-12(15)17/h3-4,6-7,9-11H,5H2,1-2H3,(H,14,16,17)/t7-,9+,10?,11-,23?/m1/s1. The van der Waals surface area contributed by atoms with Gasteiger partial charge in [0.2, 0.25) is 0 Å². The van der Waals surface area contributed by atoms with Crippen molar-refractivity contribution in [3.05, 3.63) is 33.1 Å². The third-order valence-electron chi connectivity index (χ3n) is 3.38. The van der Waals surface area contributed by atoms with Crippen molar-refractivity contribution in [2.24, 2.45) is 0 Å². The number of aromatic nitrogens is 2. The Kier molecular flexibility index (Phi) is 4.28. The van der Waals surface area contributed by atoms with Crippen LogP contribution in [0.4, 0.5) is 4.39 Å². The topological polar surface area (TPSA) is 109 Å². The Morgan fingerprint density at radius 2 is 2.22 bits per heavy atom. The van der Waals surface area contributed by atoms with Crippen molar-refractivity contribution in [3.63, 3.8) is 0 Å². The van der Waals surface area contributed by atoms with Crippen LogP contribution in [0.15, 0.2) is 21.9 Å². The summed E-state index contributed by atoms with van der Waals surface area (Å²) < 4.78 is 48.5. The van der Waals surface area contributed by atoms with Crippen LogP contribution in [-0.4, -0.2) is 40.6 Å². The Morgan fingerprint density at radius 3 is 2.87 bits per heavy atom. The van der Waals surface area contributed by atoms with Gasteiger partial charge in [-0.05, 0) is 13.8 Å². The first-order valence-electron chi connectivity index (χ1n) is 7.01. The van der Waals surface area contributed by atoms with E-state index in [4.69, 9.17) is 18.3 Å². The summed E-state index contributed by atoms with van der Waals surface area (Å²) in [5, 5.41) is 0. The smallest absolute Gasteiger partial charge is 0.346 e. The van der Waals surface area contributed by atoms with Crippen LogP contribution >= 0.6 is 7.82 Å². The van der Waals surface area contributed by atoms with Crippen LogP contribution in [0.1, 0.15) is 20.1 Å². The van der Waals surface area contributed by atoms with Crippen molar-refractivity contribution in [1.82, 2.24) is 9.55 Å². The molecule has 2 aliphatic heterocycles. The number of rotatable bonds is 3. The molecule has 2 unspecified atom stereocenters. The molecule has 0 aromatic carbocycles. The Morgan fingerprint density at radius 1 is 1.48 bits per heavy atom. The third-order valence-corrected chi connectivity index (χ3v) is 5.03. The second-order valence-electron chi connectivity index (χ2n) is 5.49. The van der Waals surface area contributed by atoms with Crippen LogP contribution in [0.3, 0.4) is 0 Å². The van der Waals surface area contributed by atoms with Crippen molar-refractivity contribution >= 4 is 7.82 Å². The Bertz CT molecular complexity index is 747. The lowest BCUT2D eigenvalue weighted by atomic mass is 10.1. The van der Waals surface area contributed by atoms with E-state index in [-0.39, 0.29) is 6.61 Å². The average molecular weight is 350 g/mol. The summed E-state index contributed by atoms with van der Waals surface area (Å²) in [6, 6.07) is 1.07. The first kappa shape index (κ1) is 16.5. The molecule has 1 aromatic rings. The summed E-state index contributed by atoms with van der Waals surface area (Å²) in [6.07, 6.45) is -4.44. The Labute approximate surface area is 129 Å². The van der Waals surface area contributed by atoms with Crippen LogP contribution in [0.25, 0.3) is 0 Å². The van der Waals surface area contributed by atoms with E-state index in [1.54, 1.807) is 13.8 Å². The highest BCUT2D eigenvalue weighted by Crippen LogP contribution is 2.57.